The van der Waals surface area contributed by atoms with Crippen LogP contribution in [0.3, 0.4) is 0 Å². The van der Waals surface area contributed by atoms with Crippen LogP contribution < -0.4 is 21.3 Å². The van der Waals surface area contributed by atoms with E-state index in [1.807, 2.05) is 12.1 Å². The third-order valence-corrected chi connectivity index (χ3v) is 8.38. The summed E-state index contributed by atoms with van der Waals surface area (Å²) >= 11 is 6.35. The average Bonchev–Trinajstić information content (AvgIpc) is 3.43. The summed E-state index contributed by atoms with van der Waals surface area (Å²) in [7, 11) is 2.20. The number of nitrogens with two attached hydrogens (primary N) is 1. The van der Waals surface area contributed by atoms with Gasteiger partial charge in [-0.1, -0.05) is 18.2 Å². The summed E-state index contributed by atoms with van der Waals surface area (Å²) in [4.78, 5) is 42.0. The highest BCUT2D eigenvalue weighted by Gasteiger charge is 2.28. The number of nitrogens with one attached hydrogen (secondary N) is 2. The molecule has 1 aromatic carbocycles. The van der Waals surface area contributed by atoms with E-state index in [-0.39, 0.29) is 28.6 Å². The second-order valence-corrected chi connectivity index (χ2v) is 11.1. The lowest BCUT2D eigenvalue weighted by Gasteiger charge is -2.42. The minimum absolute atomic E-state index is 0.0412. The van der Waals surface area contributed by atoms with Gasteiger partial charge in [-0.05, 0) is 56.7 Å². The first-order valence-electron chi connectivity index (χ1n) is 13.9. The van der Waals surface area contributed by atoms with E-state index < -0.39 is 5.91 Å². The Morgan fingerprint density at radius 2 is 1.70 bits per heavy atom. The highest BCUT2D eigenvalue weighted by Crippen LogP contribution is 2.29. The van der Waals surface area contributed by atoms with Crippen LogP contribution in [0.15, 0.2) is 36.9 Å². The van der Waals surface area contributed by atoms with Gasteiger partial charge in [-0.3, -0.25) is 14.5 Å². The number of nitrogens with zero attached hydrogens (tertiary/aromatic N) is 6. The Bertz CT molecular complexity index is 1230. The minimum atomic E-state index is -0.730. The van der Waals surface area contributed by atoms with Crippen LogP contribution in [0.25, 0.3) is 0 Å². The lowest BCUT2D eigenvalue weighted by Crippen LogP contribution is -2.52. The number of halogens is 1. The van der Waals surface area contributed by atoms with Crippen LogP contribution in [0.1, 0.15) is 29.8 Å². The van der Waals surface area contributed by atoms with Gasteiger partial charge >= 0.3 is 0 Å². The molecule has 0 aliphatic carbocycles. The Balaban J connectivity index is 1.22. The third-order valence-electron chi connectivity index (χ3n) is 8.12. The molecule has 4 N–H and O–H groups in total. The SMILES string of the molecule is C=CC(=O)N1CC[C@@H](Nc2nc(Nc3ccc(N4CCC(N5CCN(C)CC5)CC4)cc3)c(C(N)=O)nc2Cl)C1. The lowest BCUT2D eigenvalue weighted by molar-refractivity contribution is -0.125. The molecule has 1 atom stereocenters. The van der Waals surface area contributed by atoms with E-state index in [0.717, 1.165) is 51.4 Å². The summed E-state index contributed by atoms with van der Waals surface area (Å²) in [5.41, 5.74) is 7.47. The predicted molar refractivity (Wildman–Crippen MR) is 158 cm³/mol. The summed E-state index contributed by atoms with van der Waals surface area (Å²) in [6, 6.07) is 8.70. The molecule has 3 fully saturated rings. The second-order valence-electron chi connectivity index (χ2n) is 10.8. The van der Waals surface area contributed by atoms with Gasteiger partial charge in [0.25, 0.3) is 5.91 Å². The number of amides is 2. The largest absolute Gasteiger partial charge is 0.371 e. The molecule has 0 saturated carbocycles. The number of anilines is 4. The van der Waals surface area contributed by atoms with Gasteiger partial charge in [-0.15, -0.1) is 0 Å². The summed E-state index contributed by atoms with van der Waals surface area (Å²) < 4.78 is 0. The van der Waals surface area contributed by atoms with E-state index >= 15 is 0 Å². The first kappa shape index (κ1) is 28.1. The van der Waals surface area contributed by atoms with Gasteiger partial charge in [-0.2, -0.15) is 0 Å². The van der Waals surface area contributed by atoms with Crippen LogP contribution in [-0.4, -0.2) is 108 Å². The summed E-state index contributed by atoms with van der Waals surface area (Å²) in [6.45, 7) is 11.3. The molecule has 0 radical (unpaired) electrons. The lowest BCUT2D eigenvalue weighted by atomic mass is 10.0. The zero-order chi connectivity index (χ0) is 28.2. The highest BCUT2D eigenvalue weighted by atomic mass is 35.5. The number of likely N-dealkylation sites (N-methyl/N-ethyl adjacent to an activating group) is 1. The van der Waals surface area contributed by atoms with Crippen LogP contribution >= 0.6 is 11.6 Å². The molecule has 3 aliphatic rings. The van der Waals surface area contributed by atoms with E-state index in [1.165, 1.54) is 24.6 Å². The van der Waals surface area contributed by atoms with Crippen LogP contribution in [0.5, 0.6) is 0 Å². The smallest absolute Gasteiger partial charge is 0.271 e. The first-order chi connectivity index (χ1) is 19.3. The number of piperidine rings is 1. The minimum Gasteiger partial charge on any atom is -0.371 e. The number of primary amides is 1. The summed E-state index contributed by atoms with van der Waals surface area (Å²) in [6.07, 6.45) is 4.37. The number of hydrogen-bond donors (Lipinski definition) is 3. The molecule has 5 rings (SSSR count). The fourth-order valence-corrected chi connectivity index (χ4v) is 5.92. The van der Waals surface area contributed by atoms with Crippen molar-refractivity contribution in [3.05, 3.63) is 47.8 Å². The van der Waals surface area contributed by atoms with Crippen molar-refractivity contribution >= 4 is 46.4 Å². The van der Waals surface area contributed by atoms with Crippen molar-refractivity contribution in [2.45, 2.75) is 31.3 Å². The molecule has 11 nitrogen and oxygen atoms in total. The fraction of sp³-hybridized carbons (Fsp3) is 0.500. The molecular weight excluding hydrogens is 530 g/mol. The Labute approximate surface area is 240 Å². The molecule has 3 saturated heterocycles. The van der Waals surface area contributed by atoms with Crippen molar-refractivity contribution < 1.29 is 9.59 Å². The Kier molecular flexibility index (Phi) is 8.72. The second kappa shape index (κ2) is 12.4. The number of aromatic nitrogens is 2. The highest BCUT2D eigenvalue weighted by molar-refractivity contribution is 6.32. The maximum atomic E-state index is 12.1. The molecule has 0 bridgehead atoms. The molecule has 0 unspecified atom stereocenters. The monoisotopic (exact) mass is 567 g/mol. The summed E-state index contributed by atoms with van der Waals surface area (Å²) in [5, 5.41) is 6.48. The van der Waals surface area contributed by atoms with Crippen molar-refractivity contribution in [2.75, 3.05) is 74.9 Å². The number of piperazine rings is 1. The Morgan fingerprint density at radius 3 is 2.35 bits per heavy atom. The quantitative estimate of drug-likeness (QED) is 0.413. The van der Waals surface area contributed by atoms with Crippen molar-refractivity contribution in [2.24, 2.45) is 5.73 Å². The molecule has 214 valence electrons. The van der Waals surface area contributed by atoms with Crippen LogP contribution in [0, 0.1) is 0 Å². The van der Waals surface area contributed by atoms with Gasteiger partial charge in [0, 0.05) is 75.8 Å². The number of carbonyl (C=O) groups is 2. The molecule has 0 spiro atoms. The molecule has 1 aromatic heterocycles. The molecule has 3 aliphatic heterocycles. The topological polar surface area (TPSA) is 123 Å². The molecule has 2 aromatic rings. The molecular formula is C28H38ClN9O2. The normalized spacial score (nSPS) is 20.9. The predicted octanol–water partition coefficient (Wildman–Crippen LogP) is 2.39. The van der Waals surface area contributed by atoms with Gasteiger partial charge < -0.3 is 31.1 Å². The van der Waals surface area contributed by atoms with Gasteiger partial charge in [0.2, 0.25) is 5.91 Å². The summed E-state index contributed by atoms with van der Waals surface area (Å²) in [5.74, 6) is -0.299. The van der Waals surface area contributed by atoms with E-state index in [9.17, 15) is 9.59 Å². The van der Waals surface area contributed by atoms with E-state index in [1.54, 1.807) is 4.90 Å². The van der Waals surface area contributed by atoms with Crippen LogP contribution in [-0.2, 0) is 4.79 Å². The number of rotatable bonds is 8. The first-order valence-corrected chi connectivity index (χ1v) is 14.3. The maximum absolute atomic E-state index is 12.1. The average molecular weight is 568 g/mol. The number of hydrogen-bond acceptors (Lipinski definition) is 9. The number of benzene rings is 1. The zero-order valence-electron chi connectivity index (χ0n) is 23.0. The molecule has 12 heteroatoms. The third kappa shape index (κ3) is 6.48. The number of carbonyl (C=O) groups excluding carboxylic acids is 2. The van der Waals surface area contributed by atoms with Gasteiger partial charge in [0.15, 0.2) is 22.5 Å². The van der Waals surface area contributed by atoms with Crippen LogP contribution in [0.2, 0.25) is 5.15 Å². The van der Waals surface area contributed by atoms with Crippen LogP contribution in [0.4, 0.5) is 23.0 Å². The number of likely N-dealkylation sites (tertiary alicyclic amines) is 1. The van der Waals surface area contributed by atoms with Gasteiger partial charge in [0.05, 0.1) is 0 Å². The van der Waals surface area contributed by atoms with E-state index in [4.69, 9.17) is 17.3 Å². The van der Waals surface area contributed by atoms with Gasteiger partial charge in [-0.25, -0.2) is 9.97 Å². The molecule has 2 amide bonds. The fourth-order valence-electron chi connectivity index (χ4n) is 5.73. The Morgan fingerprint density at radius 1 is 1.00 bits per heavy atom. The standard InChI is InChI=1S/C28H38ClN9O2/c1-3-23(39)38-11-8-20(18-38)32-28-25(29)33-24(26(30)40)27(34-28)31-19-4-6-21(7-5-19)36-12-9-22(10-13-36)37-16-14-35(2)15-17-37/h3-7,20,22H,1,8-18H2,2H3,(H2,30,40)(H2,31,32,34)/t20-/m1/s1. The van der Waals surface area contributed by atoms with E-state index in [2.05, 4.69) is 61.1 Å². The Hall–Kier alpha value is -3.41. The maximum Gasteiger partial charge on any atom is 0.271 e. The molecule has 4 heterocycles. The van der Waals surface area contributed by atoms with Crippen molar-refractivity contribution in [1.82, 2.24) is 24.7 Å². The zero-order valence-corrected chi connectivity index (χ0v) is 23.7. The van der Waals surface area contributed by atoms with Crippen molar-refractivity contribution in [3.63, 3.8) is 0 Å². The van der Waals surface area contributed by atoms with E-state index in [0.29, 0.717) is 24.9 Å². The molecule has 40 heavy (non-hydrogen) atoms. The van der Waals surface area contributed by atoms with Gasteiger partial charge in [0.1, 0.15) is 0 Å². The van der Waals surface area contributed by atoms with Crippen molar-refractivity contribution in [3.8, 4) is 0 Å². The van der Waals surface area contributed by atoms with Crippen molar-refractivity contribution in [1.29, 1.82) is 0 Å².